The molecule has 0 aliphatic carbocycles. The van der Waals surface area contributed by atoms with Gasteiger partial charge in [0.05, 0.1) is 24.6 Å². The van der Waals surface area contributed by atoms with Gasteiger partial charge in [-0.15, -0.1) is 0 Å². The highest BCUT2D eigenvalue weighted by Gasteiger charge is 2.19. The Balaban J connectivity index is 1.76. The number of hydrogen-bond donors (Lipinski definition) is 0. The van der Waals surface area contributed by atoms with Crippen molar-refractivity contribution in [3.8, 4) is 6.07 Å². The maximum atomic E-state index is 11.7. The molecular formula is C19H22N4O2. The van der Waals surface area contributed by atoms with Crippen LogP contribution in [0.15, 0.2) is 30.7 Å². The number of ether oxygens (including phenoxy) is 1. The van der Waals surface area contributed by atoms with Gasteiger partial charge in [0.1, 0.15) is 0 Å². The number of hydrogen-bond acceptors (Lipinski definition) is 5. The third-order valence-corrected chi connectivity index (χ3v) is 4.47. The molecule has 0 N–H and O–H groups in total. The third kappa shape index (κ3) is 3.82. The molecule has 0 spiro atoms. The Morgan fingerprint density at radius 1 is 1.48 bits per heavy atom. The van der Waals surface area contributed by atoms with Gasteiger partial charge >= 0.3 is 5.97 Å². The number of nitrogens with zero attached hydrogens (tertiary/aromatic N) is 4. The molecule has 0 radical (unpaired) electrons. The molecule has 6 nitrogen and oxygen atoms in total. The SMILES string of the molecule is CCOC(=O)c1cn(Cc2ccc(N3CCC(C)C3)cc2C#N)cn1. The first-order chi connectivity index (χ1) is 12.1. The Labute approximate surface area is 147 Å². The molecule has 1 unspecified atom stereocenters. The smallest absolute Gasteiger partial charge is 0.358 e. The average Bonchev–Trinajstić information content (AvgIpc) is 3.25. The summed E-state index contributed by atoms with van der Waals surface area (Å²) in [5.74, 6) is 0.262. The number of imidazole rings is 1. The molecule has 0 amide bonds. The van der Waals surface area contributed by atoms with E-state index in [1.165, 1.54) is 6.42 Å². The molecule has 6 heteroatoms. The molecule has 2 heterocycles. The van der Waals surface area contributed by atoms with Crippen LogP contribution in [0.3, 0.4) is 0 Å². The molecule has 1 atom stereocenters. The summed E-state index contributed by atoms with van der Waals surface area (Å²) in [4.78, 5) is 18.1. The number of esters is 1. The zero-order valence-electron chi connectivity index (χ0n) is 14.6. The van der Waals surface area contributed by atoms with Crippen LogP contribution in [0.1, 0.15) is 41.9 Å². The maximum absolute atomic E-state index is 11.7. The van der Waals surface area contributed by atoms with Gasteiger partial charge in [0, 0.05) is 31.5 Å². The van der Waals surface area contributed by atoms with E-state index in [4.69, 9.17) is 4.74 Å². The third-order valence-electron chi connectivity index (χ3n) is 4.47. The van der Waals surface area contributed by atoms with Crippen molar-refractivity contribution in [2.75, 3.05) is 24.6 Å². The number of rotatable bonds is 5. The standard InChI is InChI=1S/C19H22N4O2/c1-3-25-19(24)18-12-22(13-21-18)11-15-4-5-17(8-16(15)9-20)23-7-6-14(2)10-23/h4-5,8,12-14H,3,6-7,10-11H2,1-2H3. The minimum Gasteiger partial charge on any atom is -0.461 e. The van der Waals surface area contributed by atoms with Crippen LogP contribution < -0.4 is 4.90 Å². The normalized spacial score (nSPS) is 16.7. The fourth-order valence-corrected chi connectivity index (χ4v) is 3.13. The van der Waals surface area contributed by atoms with Gasteiger partial charge in [0.2, 0.25) is 0 Å². The largest absolute Gasteiger partial charge is 0.461 e. The lowest BCUT2D eigenvalue weighted by Crippen LogP contribution is -2.19. The van der Waals surface area contributed by atoms with Crippen LogP contribution >= 0.6 is 0 Å². The Kier molecular flexibility index (Phi) is 5.03. The van der Waals surface area contributed by atoms with Crippen molar-refractivity contribution >= 4 is 11.7 Å². The minimum atomic E-state index is -0.430. The Bertz CT molecular complexity index is 806. The Morgan fingerprint density at radius 3 is 3.00 bits per heavy atom. The van der Waals surface area contributed by atoms with Gasteiger partial charge in [-0.25, -0.2) is 9.78 Å². The van der Waals surface area contributed by atoms with Crippen LogP contribution in [0.2, 0.25) is 0 Å². The second kappa shape index (κ2) is 7.39. The highest BCUT2D eigenvalue weighted by Crippen LogP contribution is 2.26. The van der Waals surface area contributed by atoms with E-state index < -0.39 is 5.97 Å². The van der Waals surface area contributed by atoms with Crippen molar-refractivity contribution in [2.45, 2.75) is 26.8 Å². The van der Waals surface area contributed by atoms with E-state index in [0.29, 0.717) is 24.6 Å². The molecule has 0 bridgehead atoms. The zero-order chi connectivity index (χ0) is 17.8. The van der Waals surface area contributed by atoms with E-state index in [0.717, 1.165) is 24.3 Å². The highest BCUT2D eigenvalue weighted by atomic mass is 16.5. The molecule has 1 aliphatic rings. The zero-order valence-corrected chi connectivity index (χ0v) is 14.6. The van der Waals surface area contributed by atoms with E-state index >= 15 is 0 Å². The number of carbonyl (C=O) groups is 1. The molecule has 1 fully saturated rings. The van der Waals surface area contributed by atoms with Crippen molar-refractivity contribution in [3.05, 3.63) is 47.5 Å². The first kappa shape index (κ1) is 17.0. The first-order valence-corrected chi connectivity index (χ1v) is 8.57. The van der Waals surface area contributed by atoms with E-state index in [9.17, 15) is 10.1 Å². The lowest BCUT2D eigenvalue weighted by atomic mass is 10.1. The quantitative estimate of drug-likeness (QED) is 0.784. The van der Waals surface area contributed by atoms with Crippen LogP contribution in [0.4, 0.5) is 5.69 Å². The predicted molar refractivity (Wildman–Crippen MR) is 94.4 cm³/mol. The Morgan fingerprint density at radius 2 is 2.32 bits per heavy atom. The number of nitriles is 1. The summed E-state index contributed by atoms with van der Waals surface area (Å²) in [5.41, 5.74) is 2.94. The van der Waals surface area contributed by atoms with Crippen LogP contribution in [0.25, 0.3) is 0 Å². The maximum Gasteiger partial charge on any atom is 0.358 e. The van der Waals surface area contributed by atoms with Crippen molar-refractivity contribution in [2.24, 2.45) is 5.92 Å². The van der Waals surface area contributed by atoms with Gasteiger partial charge in [0.25, 0.3) is 0 Å². The fraction of sp³-hybridized carbons (Fsp3) is 0.421. The van der Waals surface area contributed by atoms with Crippen molar-refractivity contribution < 1.29 is 9.53 Å². The average molecular weight is 338 g/mol. The molecule has 1 aliphatic heterocycles. The highest BCUT2D eigenvalue weighted by molar-refractivity contribution is 5.86. The number of benzene rings is 1. The monoisotopic (exact) mass is 338 g/mol. The van der Waals surface area contributed by atoms with Crippen LogP contribution in [0, 0.1) is 17.2 Å². The summed E-state index contributed by atoms with van der Waals surface area (Å²) < 4.78 is 6.74. The van der Waals surface area contributed by atoms with E-state index in [2.05, 4.69) is 28.9 Å². The van der Waals surface area contributed by atoms with Crippen molar-refractivity contribution in [1.29, 1.82) is 5.26 Å². The van der Waals surface area contributed by atoms with Crippen molar-refractivity contribution in [1.82, 2.24) is 9.55 Å². The van der Waals surface area contributed by atoms with Crippen molar-refractivity contribution in [3.63, 3.8) is 0 Å². The minimum absolute atomic E-state index is 0.281. The fourth-order valence-electron chi connectivity index (χ4n) is 3.13. The molecule has 25 heavy (non-hydrogen) atoms. The lowest BCUT2D eigenvalue weighted by molar-refractivity contribution is 0.0520. The van der Waals surface area contributed by atoms with Crippen LogP contribution in [-0.2, 0) is 11.3 Å². The van der Waals surface area contributed by atoms with Crippen LogP contribution in [0.5, 0.6) is 0 Å². The second-order valence-corrected chi connectivity index (χ2v) is 6.44. The summed E-state index contributed by atoms with van der Waals surface area (Å²) in [6.45, 7) is 6.90. The van der Waals surface area contributed by atoms with E-state index in [-0.39, 0.29) is 5.69 Å². The first-order valence-electron chi connectivity index (χ1n) is 8.57. The summed E-state index contributed by atoms with van der Waals surface area (Å²) in [6, 6.07) is 8.30. The summed E-state index contributed by atoms with van der Waals surface area (Å²) >= 11 is 0. The molecule has 130 valence electrons. The van der Waals surface area contributed by atoms with E-state index in [1.54, 1.807) is 24.0 Å². The molecule has 1 aromatic carbocycles. The molecule has 0 saturated carbocycles. The number of aromatic nitrogens is 2. The van der Waals surface area contributed by atoms with Gasteiger partial charge < -0.3 is 14.2 Å². The lowest BCUT2D eigenvalue weighted by Gasteiger charge is -2.19. The molecule has 3 rings (SSSR count). The molecule has 1 saturated heterocycles. The molecule has 1 aromatic heterocycles. The summed E-state index contributed by atoms with van der Waals surface area (Å²) in [5, 5.41) is 9.51. The summed E-state index contributed by atoms with van der Waals surface area (Å²) in [7, 11) is 0. The second-order valence-electron chi connectivity index (χ2n) is 6.44. The summed E-state index contributed by atoms with van der Waals surface area (Å²) in [6.07, 6.45) is 4.42. The van der Waals surface area contributed by atoms with Gasteiger partial charge in [0.15, 0.2) is 5.69 Å². The Hall–Kier alpha value is -2.81. The topological polar surface area (TPSA) is 71.2 Å². The van der Waals surface area contributed by atoms with Gasteiger partial charge in [-0.05, 0) is 37.0 Å². The van der Waals surface area contributed by atoms with Gasteiger partial charge in [-0.2, -0.15) is 5.26 Å². The predicted octanol–water partition coefficient (Wildman–Crippen LogP) is 2.83. The van der Waals surface area contributed by atoms with E-state index in [1.807, 2.05) is 12.1 Å². The molecular weight excluding hydrogens is 316 g/mol. The van der Waals surface area contributed by atoms with Crippen LogP contribution in [-0.4, -0.2) is 35.2 Å². The van der Waals surface area contributed by atoms with Gasteiger partial charge in [-0.3, -0.25) is 0 Å². The number of anilines is 1. The van der Waals surface area contributed by atoms with Gasteiger partial charge in [-0.1, -0.05) is 13.0 Å². The molecule has 2 aromatic rings. The number of carbonyl (C=O) groups excluding carboxylic acids is 1.